The second-order valence-corrected chi connectivity index (χ2v) is 4.58. The van der Waals surface area contributed by atoms with Gasteiger partial charge >= 0.3 is 0 Å². The standard InChI is InChI=1S/C12H28N2/c1-6-14(10-11(2)3)12(4)8-7-9-13-5/h11-13H,6-10H2,1-5H3. The summed E-state index contributed by atoms with van der Waals surface area (Å²) in [5.41, 5.74) is 0. The molecule has 0 heterocycles. The van der Waals surface area contributed by atoms with Gasteiger partial charge in [-0.25, -0.2) is 0 Å². The van der Waals surface area contributed by atoms with E-state index < -0.39 is 0 Å². The molecule has 2 heteroatoms. The van der Waals surface area contributed by atoms with Crippen molar-refractivity contribution in [2.24, 2.45) is 5.92 Å². The summed E-state index contributed by atoms with van der Waals surface area (Å²) in [6, 6.07) is 0.732. The minimum absolute atomic E-state index is 0.732. The Morgan fingerprint density at radius 1 is 1.21 bits per heavy atom. The van der Waals surface area contributed by atoms with Crippen LogP contribution in [-0.2, 0) is 0 Å². The van der Waals surface area contributed by atoms with E-state index in [0.717, 1.165) is 18.5 Å². The zero-order chi connectivity index (χ0) is 11.0. The van der Waals surface area contributed by atoms with Crippen molar-refractivity contribution in [3.05, 3.63) is 0 Å². The lowest BCUT2D eigenvalue weighted by molar-refractivity contribution is 0.185. The maximum absolute atomic E-state index is 3.20. The molecular formula is C12H28N2. The first-order chi connectivity index (χ1) is 6.61. The van der Waals surface area contributed by atoms with Crippen LogP contribution in [-0.4, -0.2) is 37.6 Å². The zero-order valence-electron chi connectivity index (χ0n) is 10.6. The largest absolute Gasteiger partial charge is 0.320 e. The minimum atomic E-state index is 0.732. The van der Waals surface area contributed by atoms with Crippen molar-refractivity contribution >= 4 is 0 Å². The third-order valence-corrected chi connectivity index (χ3v) is 2.68. The highest BCUT2D eigenvalue weighted by atomic mass is 15.1. The Balaban J connectivity index is 3.73. The van der Waals surface area contributed by atoms with Crippen molar-refractivity contribution < 1.29 is 0 Å². The van der Waals surface area contributed by atoms with E-state index in [1.54, 1.807) is 0 Å². The summed E-state index contributed by atoms with van der Waals surface area (Å²) in [6.07, 6.45) is 2.59. The molecule has 0 aliphatic heterocycles. The van der Waals surface area contributed by atoms with E-state index in [1.165, 1.54) is 25.9 Å². The summed E-state index contributed by atoms with van der Waals surface area (Å²) in [4.78, 5) is 2.58. The number of hydrogen-bond donors (Lipinski definition) is 1. The monoisotopic (exact) mass is 200 g/mol. The van der Waals surface area contributed by atoms with E-state index in [1.807, 2.05) is 7.05 Å². The molecule has 0 saturated carbocycles. The normalized spacial score (nSPS) is 13.9. The molecule has 86 valence electrons. The second kappa shape index (κ2) is 8.25. The lowest BCUT2D eigenvalue weighted by Gasteiger charge is -2.29. The average molecular weight is 200 g/mol. The molecular weight excluding hydrogens is 172 g/mol. The maximum Gasteiger partial charge on any atom is 0.00673 e. The molecule has 0 saturated heterocycles. The molecule has 0 aromatic rings. The van der Waals surface area contributed by atoms with E-state index in [4.69, 9.17) is 0 Å². The molecule has 0 aliphatic carbocycles. The Hall–Kier alpha value is -0.0800. The summed E-state index contributed by atoms with van der Waals surface area (Å²) in [7, 11) is 2.02. The van der Waals surface area contributed by atoms with Crippen LogP contribution in [0.4, 0.5) is 0 Å². The first-order valence-electron chi connectivity index (χ1n) is 6.00. The van der Waals surface area contributed by atoms with Gasteiger partial charge in [-0.3, -0.25) is 0 Å². The third-order valence-electron chi connectivity index (χ3n) is 2.68. The van der Waals surface area contributed by atoms with Crippen molar-refractivity contribution in [3.8, 4) is 0 Å². The van der Waals surface area contributed by atoms with Crippen LogP contribution in [0.2, 0.25) is 0 Å². The van der Waals surface area contributed by atoms with Crippen LogP contribution >= 0.6 is 0 Å². The summed E-state index contributed by atoms with van der Waals surface area (Å²) in [6.45, 7) is 12.8. The first-order valence-corrected chi connectivity index (χ1v) is 6.00. The van der Waals surface area contributed by atoms with Gasteiger partial charge in [0.15, 0.2) is 0 Å². The Morgan fingerprint density at radius 3 is 2.29 bits per heavy atom. The molecule has 0 rings (SSSR count). The highest BCUT2D eigenvalue weighted by Crippen LogP contribution is 2.08. The van der Waals surface area contributed by atoms with Crippen molar-refractivity contribution in [1.29, 1.82) is 0 Å². The lowest BCUT2D eigenvalue weighted by atomic mass is 10.1. The van der Waals surface area contributed by atoms with Crippen molar-refractivity contribution in [2.45, 2.75) is 46.6 Å². The summed E-state index contributed by atoms with van der Waals surface area (Å²) in [5.74, 6) is 0.779. The highest BCUT2D eigenvalue weighted by molar-refractivity contribution is 4.67. The van der Waals surface area contributed by atoms with Gasteiger partial charge in [0.05, 0.1) is 0 Å². The number of rotatable bonds is 8. The molecule has 0 amide bonds. The fourth-order valence-corrected chi connectivity index (χ4v) is 1.85. The molecule has 0 bridgehead atoms. The number of nitrogens with zero attached hydrogens (tertiary/aromatic N) is 1. The molecule has 1 atom stereocenters. The Labute approximate surface area is 90.1 Å². The third kappa shape index (κ3) is 6.39. The van der Waals surface area contributed by atoms with Crippen LogP contribution in [0.1, 0.15) is 40.5 Å². The Kier molecular flexibility index (Phi) is 8.20. The average Bonchev–Trinajstić information content (AvgIpc) is 2.14. The first kappa shape index (κ1) is 13.9. The fraction of sp³-hybridized carbons (Fsp3) is 1.00. The summed E-state index contributed by atoms with van der Waals surface area (Å²) < 4.78 is 0. The minimum Gasteiger partial charge on any atom is -0.320 e. The van der Waals surface area contributed by atoms with Gasteiger partial charge in [0, 0.05) is 12.6 Å². The molecule has 0 aromatic carbocycles. The van der Waals surface area contributed by atoms with Crippen LogP contribution in [0, 0.1) is 5.92 Å². The van der Waals surface area contributed by atoms with E-state index >= 15 is 0 Å². The maximum atomic E-state index is 3.20. The van der Waals surface area contributed by atoms with Crippen LogP contribution in [0.15, 0.2) is 0 Å². The molecule has 0 fully saturated rings. The van der Waals surface area contributed by atoms with Gasteiger partial charge in [-0.1, -0.05) is 20.8 Å². The van der Waals surface area contributed by atoms with Crippen LogP contribution in [0.5, 0.6) is 0 Å². The van der Waals surface area contributed by atoms with Crippen molar-refractivity contribution in [3.63, 3.8) is 0 Å². The van der Waals surface area contributed by atoms with Crippen molar-refractivity contribution in [2.75, 3.05) is 26.7 Å². The molecule has 2 nitrogen and oxygen atoms in total. The van der Waals surface area contributed by atoms with Crippen LogP contribution in [0.25, 0.3) is 0 Å². The predicted molar refractivity (Wildman–Crippen MR) is 64.7 cm³/mol. The summed E-state index contributed by atoms with van der Waals surface area (Å²) in [5, 5.41) is 3.20. The smallest absolute Gasteiger partial charge is 0.00673 e. The molecule has 1 unspecified atom stereocenters. The van der Waals surface area contributed by atoms with Gasteiger partial charge in [0.2, 0.25) is 0 Å². The molecule has 0 aromatic heterocycles. The molecule has 14 heavy (non-hydrogen) atoms. The van der Waals surface area contributed by atoms with Gasteiger partial charge in [-0.15, -0.1) is 0 Å². The highest BCUT2D eigenvalue weighted by Gasteiger charge is 2.12. The fourth-order valence-electron chi connectivity index (χ4n) is 1.85. The Bertz CT molecular complexity index is 123. The molecule has 0 spiro atoms. The van der Waals surface area contributed by atoms with Gasteiger partial charge in [0.25, 0.3) is 0 Å². The van der Waals surface area contributed by atoms with Crippen LogP contribution in [0.3, 0.4) is 0 Å². The van der Waals surface area contributed by atoms with E-state index in [0.29, 0.717) is 0 Å². The Morgan fingerprint density at radius 2 is 1.86 bits per heavy atom. The van der Waals surface area contributed by atoms with Gasteiger partial charge in [0.1, 0.15) is 0 Å². The van der Waals surface area contributed by atoms with Crippen LogP contribution < -0.4 is 5.32 Å². The molecule has 1 N–H and O–H groups in total. The number of hydrogen-bond acceptors (Lipinski definition) is 2. The van der Waals surface area contributed by atoms with E-state index in [9.17, 15) is 0 Å². The predicted octanol–water partition coefficient (Wildman–Crippen LogP) is 2.35. The van der Waals surface area contributed by atoms with E-state index in [2.05, 4.69) is 37.9 Å². The van der Waals surface area contributed by atoms with Crippen molar-refractivity contribution in [1.82, 2.24) is 10.2 Å². The van der Waals surface area contributed by atoms with E-state index in [-0.39, 0.29) is 0 Å². The summed E-state index contributed by atoms with van der Waals surface area (Å²) >= 11 is 0. The molecule has 0 radical (unpaired) electrons. The quantitative estimate of drug-likeness (QED) is 0.605. The van der Waals surface area contributed by atoms with Gasteiger partial charge in [-0.2, -0.15) is 0 Å². The van der Waals surface area contributed by atoms with Gasteiger partial charge in [-0.05, 0) is 45.8 Å². The zero-order valence-corrected chi connectivity index (χ0v) is 10.6. The SMILES string of the molecule is CCN(CC(C)C)C(C)CCCNC. The lowest BCUT2D eigenvalue weighted by Crippen LogP contribution is -2.36. The molecule has 0 aliphatic rings. The second-order valence-electron chi connectivity index (χ2n) is 4.58. The topological polar surface area (TPSA) is 15.3 Å². The number of nitrogens with one attached hydrogen (secondary N) is 1. The van der Waals surface area contributed by atoms with Gasteiger partial charge < -0.3 is 10.2 Å².